The highest BCUT2D eigenvalue weighted by atomic mass is 79.9. The van der Waals surface area contributed by atoms with Gasteiger partial charge in [-0.2, -0.15) is 0 Å². The molecule has 0 N–H and O–H groups in total. The summed E-state index contributed by atoms with van der Waals surface area (Å²) < 4.78 is 2.67. The van der Waals surface area contributed by atoms with E-state index in [1.54, 1.807) is 4.57 Å². The molecular weight excluding hydrogens is 264 g/mol. The SMILES string of the molecule is O=C1CSc2nc3cc(Br)ccc3n21. The molecule has 0 saturated heterocycles. The van der Waals surface area contributed by atoms with Gasteiger partial charge in [-0.15, -0.1) is 0 Å². The van der Waals surface area contributed by atoms with Crippen LogP contribution in [-0.2, 0) is 0 Å². The molecule has 0 fully saturated rings. The minimum absolute atomic E-state index is 0.120. The van der Waals surface area contributed by atoms with Crippen LogP contribution < -0.4 is 0 Å². The highest BCUT2D eigenvalue weighted by Gasteiger charge is 2.23. The van der Waals surface area contributed by atoms with Gasteiger partial charge in [0, 0.05) is 4.47 Å². The number of aromatic nitrogens is 2. The summed E-state index contributed by atoms with van der Waals surface area (Å²) in [5.41, 5.74) is 1.77. The number of thioether (sulfide) groups is 1. The van der Waals surface area contributed by atoms with Crippen LogP contribution in [0.5, 0.6) is 0 Å². The molecule has 1 aliphatic rings. The lowest BCUT2D eigenvalue weighted by atomic mass is 10.3. The number of fused-ring (bicyclic) bond motifs is 3. The summed E-state index contributed by atoms with van der Waals surface area (Å²) >= 11 is 4.87. The lowest BCUT2D eigenvalue weighted by Gasteiger charge is -1.95. The van der Waals surface area contributed by atoms with E-state index < -0.39 is 0 Å². The quantitative estimate of drug-likeness (QED) is 0.737. The molecule has 2 aromatic rings. The number of halogens is 1. The average Bonchev–Trinajstić information content (AvgIpc) is 2.66. The number of imidazole rings is 1. The van der Waals surface area contributed by atoms with Gasteiger partial charge in [-0.3, -0.25) is 9.36 Å². The fourth-order valence-corrected chi connectivity index (χ4v) is 2.78. The molecule has 0 saturated carbocycles. The van der Waals surface area contributed by atoms with E-state index in [1.165, 1.54) is 11.8 Å². The van der Waals surface area contributed by atoms with Crippen LogP contribution in [0, 0.1) is 0 Å². The van der Waals surface area contributed by atoms with E-state index in [0.29, 0.717) is 5.75 Å². The first-order valence-corrected chi connectivity index (χ1v) is 5.87. The van der Waals surface area contributed by atoms with Gasteiger partial charge in [-0.05, 0) is 18.2 Å². The zero-order valence-corrected chi connectivity index (χ0v) is 9.43. The van der Waals surface area contributed by atoms with Crippen LogP contribution in [-0.4, -0.2) is 21.2 Å². The second-order valence-corrected chi connectivity index (χ2v) is 4.90. The number of carbonyl (C=O) groups is 1. The van der Waals surface area contributed by atoms with Gasteiger partial charge in [0.15, 0.2) is 5.16 Å². The largest absolute Gasteiger partial charge is 0.273 e. The third-order valence-electron chi connectivity index (χ3n) is 2.16. The molecule has 0 amide bonds. The van der Waals surface area contributed by atoms with Gasteiger partial charge in [0.05, 0.1) is 16.8 Å². The maximum Gasteiger partial charge on any atom is 0.243 e. The highest BCUT2D eigenvalue weighted by molar-refractivity contribution is 9.10. The summed E-state index contributed by atoms with van der Waals surface area (Å²) in [6.07, 6.45) is 0. The molecule has 1 aromatic carbocycles. The second kappa shape index (κ2) is 2.84. The predicted molar refractivity (Wildman–Crippen MR) is 58.8 cm³/mol. The zero-order valence-electron chi connectivity index (χ0n) is 7.03. The van der Waals surface area contributed by atoms with Crippen LogP contribution in [0.15, 0.2) is 27.8 Å². The van der Waals surface area contributed by atoms with Crippen molar-refractivity contribution in [3.63, 3.8) is 0 Å². The van der Waals surface area contributed by atoms with E-state index in [2.05, 4.69) is 20.9 Å². The average molecular weight is 269 g/mol. The first-order chi connectivity index (χ1) is 6.75. The van der Waals surface area contributed by atoms with Gasteiger partial charge in [0.1, 0.15) is 0 Å². The van der Waals surface area contributed by atoms with Crippen LogP contribution in [0.1, 0.15) is 4.79 Å². The van der Waals surface area contributed by atoms with E-state index in [1.807, 2.05) is 18.2 Å². The third kappa shape index (κ3) is 1.05. The van der Waals surface area contributed by atoms with Gasteiger partial charge in [-0.1, -0.05) is 27.7 Å². The Morgan fingerprint density at radius 3 is 3.21 bits per heavy atom. The van der Waals surface area contributed by atoms with E-state index >= 15 is 0 Å². The summed E-state index contributed by atoms with van der Waals surface area (Å²) in [5.74, 6) is 0.628. The smallest absolute Gasteiger partial charge is 0.243 e. The van der Waals surface area contributed by atoms with Crippen molar-refractivity contribution >= 4 is 44.6 Å². The van der Waals surface area contributed by atoms with Gasteiger partial charge in [0.2, 0.25) is 5.91 Å². The first kappa shape index (κ1) is 8.49. The summed E-state index contributed by atoms with van der Waals surface area (Å²) in [4.78, 5) is 15.9. The van der Waals surface area contributed by atoms with E-state index in [0.717, 1.165) is 20.7 Å². The monoisotopic (exact) mass is 268 g/mol. The third-order valence-corrected chi connectivity index (χ3v) is 3.58. The summed E-state index contributed by atoms with van der Waals surface area (Å²) in [7, 11) is 0. The molecule has 3 rings (SSSR count). The molecular formula is C9H5BrN2OS. The molecule has 0 unspecified atom stereocenters. The van der Waals surface area contributed by atoms with E-state index in [-0.39, 0.29) is 5.91 Å². The molecule has 70 valence electrons. The van der Waals surface area contributed by atoms with E-state index in [4.69, 9.17) is 0 Å². The van der Waals surface area contributed by atoms with Gasteiger partial charge in [-0.25, -0.2) is 4.98 Å². The molecule has 2 heterocycles. The Bertz CT molecular complexity index is 549. The lowest BCUT2D eigenvalue weighted by molar-refractivity contribution is 0.0944. The Morgan fingerprint density at radius 2 is 2.36 bits per heavy atom. The fraction of sp³-hybridized carbons (Fsp3) is 0.111. The van der Waals surface area contributed by atoms with Crippen LogP contribution in [0.2, 0.25) is 0 Å². The summed E-state index contributed by atoms with van der Waals surface area (Å²) in [5, 5.41) is 0.808. The van der Waals surface area contributed by atoms with E-state index in [9.17, 15) is 4.79 Å². The van der Waals surface area contributed by atoms with Crippen molar-refractivity contribution in [2.45, 2.75) is 5.16 Å². The maximum absolute atomic E-state index is 11.5. The minimum atomic E-state index is 0.120. The van der Waals surface area contributed by atoms with Crippen LogP contribution >= 0.6 is 27.7 Å². The molecule has 0 bridgehead atoms. The lowest BCUT2D eigenvalue weighted by Crippen LogP contribution is -2.05. The van der Waals surface area contributed by atoms with Crippen molar-refractivity contribution in [1.82, 2.24) is 9.55 Å². The predicted octanol–water partition coefficient (Wildman–Crippen LogP) is 2.54. The Labute approximate surface area is 92.6 Å². The maximum atomic E-state index is 11.5. The molecule has 0 atom stereocenters. The van der Waals surface area contributed by atoms with Crippen molar-refractivity contribution in [2.75, 3.05) is 5.75 Å². The number of carbonyl (C=O) groups excluding carboxylic acids is 1. The van der Waals surface area contributed by atoms with Gasteiger partial charge in [0.25, 0.3) is 0 Å². The van der Waals surface area contributed by atoms with Crippen molar-refractivity contribution in [3.05, 3.63) is 22.7 Å². The molecule has 0 aliphatic carbocycles. The molecule has 1 aliphatic heterocycles. The molecule has 0 spiro atoms. The van der Waals surface area contributed by atoms with Crippen molar-refractivity contribution in [1.29, 1.82) is 0 Å². The molecule has 0 radical (unpaired) electrons. The molecule has 14 heavy (non-hydrogen) atoms. The zero-order chi connectivity index (χ0) is 9.71. The molecule has 5 heteroatoms. The number of benzene rings is 1. The van der Waals surface area contributed by atoms with Gasteiger partial charge < -0.3 is 0 Å². The van der Waals surface area contributed by atoms with Crippen molar-refractivity contribution < 1.29 is 4.79 Å². The number of hydrogen-bond acceptors (Lipinski definition) is 3. The van der Waals surface area contributed by atoms with Crippen LogP contribution in [0.3, 0.4) is 0 Å². The second-order valence-electron chi connectivity index (χ2n) is 3.05. The number of nitrogens with zero attached hydrogens (tertiary/aromatic N) is 2. The molecule has 1 aromatic heterocycles. The topological polar surface area (TPSA) is 34.9 Å². The number of hydrogen-bond donors (Lipinski definition) is 0. The fourth-order valence-electron chi connectivity index (χ4n) is 1.56. The van der Waals surface area contributed by atoms with Crippen LogP contribution in [0.4, 0.5) is 0 Å². The highest BCUT2D eigenvalue weighted by Crippen LogP contribution is 2.30. The molecule has 3 nitrogen and oxygen atoms in total. The number of rotatable bonds is 0. The van der Waals surface area contributed by atoms with Crippen molar-refractivity contribution in [3.8, 4) is 0 Å². The standard InChI is InChI=1S/C9H5BrN2OS/c10-5-1-2-7-6(3-5)11-9-12(7)8(13)4-14-9/h1-3H,4H2. The van der Waals surface area contributed by atoms with Crippen molar-refractivity contribution in [2.24, 2.45) is 0 Å². The van der Waals surface area contributed by atoms with Gasteiger partial charge >= 0.3 is 0 Å². The Morgan fingerprint density at radius 1 is 1.50 bits per heavy atom. The van der Waals surface area contributed by atoms with Crippen LogP contribution in [0.25, 0.3) is 11.0 Å². The minimum Gasteiger partial charge on any atom is -0.273 e. The Balaban J connectivity index is 2.41. The normalized spacial score (nSPS) is 15.1. The Kier molecular flexibility index (Phi) is 1.72. The summed E-state index contributed by atoms with van der Waals surface area (Å²) in [6.45, 7) is 0. The first-order valence-electron chi connectivity index (χ1n) is 4.10. The summed E-state index contributed by atoms with van der Waals surface area (Å²) in [6, 6.07) is 5.77. The Hall–Kier alpha value is -0.810.